The maximum atomic E-state index is 13.7. The van der Waals surface area contributed by atoms with Crippen molar-refractivity contribution in [2.45, 2.75) is 117 Å². The van der Waals surface area contributed by atoms with Gasteiger partial charge < -0.3 is 52.4 Å². The van der Waals surface area contributed by atoms with Crippen molar-refractivity contribution in [3.8, 4) is 0 Å². The molecule has 1 aliphatic rings. The lowest BCUT2D eigenvalue weighted by atomic mass is 9.99. The first-order valence-corrected chi connectivity index (χ1v) is 18.0. The van der Waals surface area contributed by atoms with Gasteiger partial charge in [0.1, 0.15) is 36.8 Å². The fourth-order valence-corrected chi connectivity index (χ4v) is 5.11. The molecule has 9 N–H and O–H groups in total. The maximum Gasteiger partial charge on any atom is 0.246 e. The molecule has 52 heavy (non-hydrogen) atoms. The Morgan fingerprint density at radius 2 is 1.33 bits per heavy atom. The van der Waals surface area contributed by atoms with Gasteiger partial charge in [0.2, 0.25) is 47.3 Å². The fourth-order valence-electron chi connectivity index (χ4n) is 5.11. The van der Waals surface area contributed by atoms with Crippen LogP contribution in [-0.2, 0) is 47.8 Å². The van der Waals surface area contributed by atoms with E-state index in [0.717, 1.165) is 12.8 Å². The first kappa shape index (κ1) is 45.7. The topological polar surface area (TPSA) is 265 Å². The average Bonchev–Trinajstić information content (AvgIpc) is 3.07. The van der Waals surface area contributed by atoms with Gasteiger partial charge in [-0.05, 0) is 38.0 Å². The van der Waals surface area contributed by atoms with Gasteiger partial charge in [-0.1, -0.05) is 53.9 Å². The average molecular weight is 741 g/mol. The van der Waals surface area contributed by atoms with Crippen molar-refractivity contribution in [2.24, 2.45) is 17.6 Å². The second-order valence-electron chi connectivity index (χ2n) is 13.6. The van der Waals surface area contributed by atoms with Gasteiger partial charge in [0.15, 0.2) is 0 Å². The number of hydrogen-bond donors (Lipinski definition) is 8. The van der Waals surface area contributed by atoms with E-state index < -0.39 is 96.5 Å². The molecule has 1 aliphatic heterocycles. The molecule has 1 heterocycles. The molecule has 0 aromatic rings. The van der Waals surface area contributed by atoms with Crippen molar-refractivity contribution in [3.05, 3.63) is 0 Å². The lowest BCUT2D eigenvalue weighted by Crippen LogP contribution is -2.59. The molecule has 0 aromatic heterocycles. The van der Waals surface area contributed by atoms with E-state index in [0.29, 0.717) is 6.42 Å². The molecule has 0 bridgehead atoms. The number of carbonyl (C=O) groups is 8. The second kappa shape index (κ2) is 24.8. The van der Waals surface area contributed by atoms with Crippen LogP contribution in [0, 0.1) is 11.8 Å². The zero-order valence-corrected chi connectivity index (χ0v) is 31.4. The van der Waals surface area contributed by atoms with E-state index in [4.69, 9.17) is 15.2 Å². The van der Waals surface area contributed by atoms with Crippen molar-refractivity contribution >= 4 is 47.3 Å². The van der Waals surface area contributed by atoms with E-state index in [1.54, 1.807) is 13.8 Å². The summed E-state index contributed by atoms with van der Waals surface area (Å²) in [6.45, 7) is 10.0. The molecule has 0 aromatic carbocycles. The van der Waals surface area contributed by atoms with E-state index in [1.165, 1.54) is 6.92 Å². The summed E-state index contributed by atoms with van der Waals surface area (Å²) in [6.07, 6.45) is 2.22. The lowest BCUT2D eigenvalue weighted by Gasteiger charge is -2.28. The third kappa shape index (κ3) is 18.8. The molecule has 0 saturated carbocycles. The van der Waals surface area contributed by atoms with E-state index in [-0.39, 0.29) is 58.0 Å². The summed E-state index contributed by atoms with van der Waals surface area (Å²) < 4.78 is 10.7. The zero-order valence-electron chi connectivity index (χ0n) is 31.4. The summed E-state index contributed by atoms with van der Waals surface area (Å²) in [5, 5.41) is 18.2. The second-order valence-corrected chi connectivity index (χ2v) is 13.6. The van der Waals surface area contributed by atoms with Crippen LogP contribution in [0.4, 0.5) is 0 Å². The highest BCUT2D eigenvalue weighted by molar-refractivity contribution is 5.96. The van der Waals surface area contributed by atoms with Gasteiger partial charge in [-0.3, -0.25) is 38.4 Å². The molecule has 1 saturated heterocycles. The van der Waals surface area contributed by atoms with Crippen LogP contribution in [0.25, 0.3) is 0 Å². The fraction of sp³-hybridized carbons (Fsp3) is 0.765. The van der Waals surface area contributed by atoms with Crippen molar-refractivity contribution < 1.29 is 47.8 Å². The number of amides is 8. The Balaban J connectivity index is 3.36. The van der Waals surface area contributed by atoms with Crippen LogP contribution < -0.4 is 43.0 Å². The molecule has 5 atom stereocenters. The van der Waals surface area contributed by atoms with Crippen molar-refractivity contribution in [1.82, 2.24) is 37.2 Å². The lowest BCUT2D eigenvalue weighted by molar-refractivity contribution is -0.136. The third-order valence-electron chi connectivity index (χ3n) is 7.99. The Labute approximate surface area is 305 Å². The van der Waals surface area contributed by atoms with Gasteiger partial charge in [0, 0.05) is 13.0 Å². The molecule has 18 nitrogen and oxygen atoms in total. The summed E-state index contributed by atoms with van der Waals surface area (Å²) in [7, 11) is 0. The molecule has 0 spiro atoms. The number of primary amides is 1. The molecule has 296 valence electrons. The minimum Gasteiger partial charge on any atom is -0.377 e. The molecular weight excluding hydrogens is 680 g/mol. The first-order valence-electron chi connectivity index (χ1n) is 18.0. The summed E-state index contributed by atoms with van der Waals surface area (Å²) in [5.41, 5.74) is 5.31. The van der Waals surface area contributed by atoms with Crippen LogP contribution in [-0.4, -0.2) is 117 Å². The van der Waals surface area contributed by atoms with Crippen molar-refractivity contribution in [2.75, 3.05) is 39.5 Å². The number of hydrogen-bond acceptors (Lipinski definition) is 10. The van der Waals surface area contributed by atoms with Crippen LogP contribution in [0.3, 0.4) is 0 Å². The van der Waals surface area contributed by atoms with Crippen molar-refractivity contribution in [1.29, 1.82) is 0 Å². The largest absolute Gasteiger partial charge is 0.377 e. The number of rotatable bonds is 10. The molecular formula is C34H60N8O10. The van der Waals surface area contributed by atoms with Crippen molar-refractivity contribution in [3.63, 3.8) is 0 Å². The van der Waals surface area contributed by atoms with Crippen LogP contribution >= 0.6 is 0 Å². The summed E-state index contributed by atoms with van der Waals surface area (Å²) in [5.74, 6) is -5.60. The number of nitrogens with two attached hydrogens (primary N) is 1. The molecule has 8 amide bonds. The van der Waals surface area contributed by atoms with Gasteiger partial charge in [0.25, 0.3) is 0 Å². The molecule has 1 rings (SSSR count). The monoisotopic (exact) mass is 740 g/mol. The quantitative estimate of drug-likeness (QED) is 0.117. The summed E-state index contributed by atoms with van der Waals surface area (Å²) in [4.78, 5) is 103. The highest BCUT2D eigenvalue weighted by Crippen LogP contribution is 2.11. The Morgan fingerprint density at radius 1 is 0.712 bits per heavy atom. The Kier molecular flexibility index (Phi) is 21.8. The first-order chi connectivity index (χ1) is 24.5. The van der Waals surface area contributed by atoms with Gasteiger partial charge in [0.05, 0.1) is 26.4 Å². The highest BCUT2D eigenvalue weighted by atomic mass is 16.5. The number of nitrogens with one attached hydrogen (secondary N) is 7. The predicted molar refractivity (Wildman–Crippen MR) is 190 cm³/mol. The van der Waals surface area contributed by atoms with Gasteiger partial charge in [-0.25, -0.2) is 0 Å². The zero-order chi connectivity index (χ0) is 39.2. The van der Waals surface area contributed by atoms with Gasteiger partial charge >= 0.3 is 0 Å². The van der Waals surface area contributed by atoms with E-state index in [1.807, 2.05) is 20.8 Å². The van der Waals surface area contributed by atoms with Crippen LogP contribution in [0.2, 0.25) is 0 Å². The number of unbranched alkanes of at least 4 members (excludes halogenated alkanes) is 2. The highest BCUT2D eigenvalue weighted by Gasteiger charge is 2.33. The van der Waals surface area contributed by atoms with Gasteiger partial charge in [-0.15, -0.1) is 0 Å². The predicted octanol–water partition coefficient (Wildman–Crippen LogP) is -1.74. The normalized spacial score (nSPS) is 24.8. The smallest absolute Gasteiger partial charge is 0.246 e. The molecule has 0 aliphatic carbocycles. The standard InChI is InChI=1S/C34H60N8O10/c1-7-8-9-10-23-31(47)41-25(17-20(2)3)33(49)42-29(21(4)5)34(50)37-18-27(44)38-22(6)30(46)36-13-14-51-15-16-52-19-28(45)39-24(32(48)40-23)11-12-26(35)43/h20-25,29H,7-19H2,1-6H3,(H2,35,43)(H,36,46)(H,37,50)(H,38,44)(H,39,45)(H,40,48)(H,41,47)(H,42,49)/t22-,23-,24-,25-,29-/m0/s1. The minimum absolute atomic E-state index is 0.0140. The maximum absolute atomic E-state index is 13.7. The van der Waals surface area contributed by atoms with Crippen LogP contribution in [0.15, 0.2) is 0 Å². The minimum atomic E-state index is -1.23. The molecule has 18 heteroatoms. The third-order valence-corrected chi connectivity index (χ3v) is 7.99. The van der Waals surface area contributed by atoms with Crippen LogP contribution in [0.5, 0.6) is 0 Å². The molecule has 0 unspecified atom stereocenters. The SMILES string of the molecule is CCCCC[C@@H]1NC(=O)[C@H](CCC(N)=O)NC(=O)COCCOCCNC(=O)[C@H](C)NC(=O)CNC(=O)[C@H](C(C)C)NC(=O)[C@H](CC(C)C)NC1=O. The molecule has 0 radical (unpaired) electrons. The Hall–Kier alpha value is -4.32. The van der Waals surface area contributed by atoms with E-state index >= 15 is 0 Å². The number of ether oxygens (including phenoxy) is 2. The van der Waals surface area contributed by atoms with E-state index in [9.17, 15) is 38.4 Å². The van der Waals surface area contributed by atoms with E-state index in [2.05, 4.69) is 37.2 Å². The molecule has 1 fully saturated rings. The summed E-state index contributed by atoms with van der Waals surface area (Å²) in [6, 6.07) is -5.42. The van der Waals surface area contributed by atoms with Gasteiger partial charge in [-0.2, -0.15) is 0 Å². The summed E-state index contributed by atoms with van der Waals surface area (Å²) >= 11 is 0. The number of carbonyl (C=O) groups excluding carboxylic acids is 8. The van der Waals surface area contributed by atoms with Crippen LogP contribution in [0.1, 0.15) is 86.5 Å². The Bertz CT molecular complexity index is 1210. The Morgan fingerprint density at radius 3 is 1.94 bits per heavy atom.